The summed E-state index contributed by atoms with van der Waals surface area (Å²) in [5, 5.41) is 0.866. The summed E-state index contributed by atoms with van der Waals surface area (Å²) in [6.45, 7) is 4.50. The molecule has 0 aromatic rings. The third kappa shape index (κ3) is 4.20. The van der Waals surface area contributed by atoms with Crippen molar-refractivity contribution in [2.75, 3.05) is 6.26 Å². The molecule has 0 radical (unpaired) electrons. The zero-order chi connectivity index (χ0) is 5.70. The molecule has 0 fully saturated rings. The first-order chi connectivity index (χ1) is 3.31. The molecule has 0 aliphatic heterocycles. The lowest BCUT2D eigenvalue weighted by Crippen LogP contribution is -1.91. The Morgan fingerprint density at radius 1 is 1.57 bits per heavy atom. The summed E-state index contributed by atoms with van der Waals surface area (Å²) in [7, 11) is 0. The molecule has 0 nitrogen and oxygen atoms in total. The minimum atomic E-state index is 0.866. The fourth-order valence-corrected chi connectivity index (χ4v) is 0.996. The molecule has 0 unspecified atom stereocenters. The first kappa shape index (κ1) is 7.35. The lowest BCUT2D eigenvalue weighted by atomic mass is 10.3. The van der Waals surface area contributed by atoms with Crippen LogP contribution >= 0.6 is 11.8 Å². The van der Waals surface area contributed by atoms with Crippen LogP contribution in [0.15, 0.2) is 0 Å². The lowest BCUT2D eigenvalue weighted by molar-refractivity contribution is 0.788. The van der Waals surface area contributed by atoms with E-state index in [4.69, 9.17) is 0 Å². The summed E-state index contributed by atoms with van der Waals surface area (Å²) in [4.78, 5) is 0. The van der Waals surface area contributed by atoms with Crippen LogP contribution in [0.5, 0.6) is 0 Å². The molecule has 1 atom stereocenters. The molecule has 0 aliphatic rings. The number of hydrogen-bond donors (Lipinski definition) is 0. The van der Waals surface area contributed by atoms with Gasteiger partial charge < -0.3 is 0 Å². The highest BCUT2D eigenvalue weighted by Gasteiger charge is 1.93. The second kappa shape index (κ2) is 4.51. The summed E-state index contributed by atoms with van der Waals surface area (Å²) >= 11 is 1.95. The Morgan fingerprint density at radius 2 is 2.14 bits per heavy atom. The normalized spacial score (nSPS) is 14.1. The van der Waals surface area contributed by atoms with Crippen LogP contribution in [0.25, 0.3) is 0 Å². The van der Waals surface area contributed by atoms with Crippen LogP contribution in [0.4, 0.5) is 0 Å². The average Bonchev–Trinajstić information content (AvgIpc) is 1.68. The minimum absolute atomic E-state index is 0.866. The van der Waals surface area contributed by atoms with E-state index in [0.29, 0.717) is 0 Å². The predicted octanol–water partition coefficient (Wildman–Crippen LogP) is 2.54. The molecule has 0 saturated carbocycles. The quantitative estimate of drug-likeness (QED) is 0.548. The van der Waals surface area contributed by atoms with Crippen molar-refractivity contribution in [3.63, 3.8) is 0 Å². The van der Waals surface area contributed by atoms with Crippen LogP contribution in [-0.4, -0.2) is 11.5 Å². The zero-order valence-corrected chi connectivity index (χ0v) is 6.22. The second-order valence-electron chi connectivity index (χ2n) is 1.83. The summed E-state index contributed by atoms with van der Waals surface area (Å²) < 4.78 is 0. The van der Waals surface area contributed by atoms with Gasteiger partial charge >= 0.3 is 0 Å². The molecule has 0 rings (SSSR count). The minimum Gasteiger partial charge on any atom is -0.162 e. The third-order valence-corrected chi connectivity index (χ3v) is 2.14. The Labute approximate surface area is 50.7 Å². The summed E-state index contributed by atoms with van der Waals surface area (Å²) in [5.74, 6) is 0. The number of thioether (sulfide) groups is 1. The van der Waals surface area contributed by atoms with Crippen molar-refractivity contribution in [3.05, 3.63) is 0 Å². The number of hydrogen-bond acceptors (Lipinski definition) is 1. The van der Waals surface area contributed by atoms with Crippen molar-refractivity contribution in [3.8, 4) is 0 Å². The van der Waals surface area contributed by atoms with E-state index >= 15 is 0 Å². The van der Waals surface area contributed by atoms with Crippen LogP contribution in [-0.2, 0) is 0 Å². The maximum Gasteiger partial charge on any atom is 0.00158 e. The summed E-state index contributed by atoms with van der Waals surface area (Å²) in [5.41, 5.74) is 0. The Bertz CT molecular complexity index is 35.2. The molecular formula is C6H14S. The van der Waals surface area contributed by atoms with Gasteiger partial charge in [-0.3, -0.25) is 0 Å². The van der Waals surface area contributed by atoms with Gasteiger partial charge in [0.2, 0.25) is 0 Å². The van der Waals surface area contributed by atoms with E-state index in [2.05, 4.69) is 20.1 Å². The van der Waals surface area contributed by atoms with E-state index < -0.39 is 0 Å². The smallest absolute Gasteiger partial charge is 0.00158 e. The molecule has 0 N–H and O–H groups in total. The highest BCUT2D eigenvalue weighted by molar-refractivity contribution is 7.99. The zero-order valence-electron chi connectivity index (χ0n) is 5.40. The molecule has 1 heteroatoms. The van der Waals surface area contributed by atoms with Crippen molar-refractivity contribution in [1.82, 2.24) is 0 Å². The highest BCUT2D eigenvalue weighted by atomic mass is 32.2. The van der Waals surface area contributed by atoms with Crippen LogP contribution in [0.3, 0.4) is 0 Å². The molecule has 0 saturated heterocycles. The first-order valence-corrected chi connectivity index (χ1v) is 4.12. The topological polar surface area (TPSA) is 0 Å². The predicted molar refractivity (Wildman–Crippen MR) is 37.9 cm³/mol. The van der Waals surface area contributed by atoms with Gasteiger partial charge in [0.05, 0.1) is 0 Å². The van der Waals surface area contributed by atoms with E-state index in [1.807, 2.05) is 11.8 Å². The van der Waals surface area contributed by atoms with E-state index in [-0.39, 0.29) is 0 Å². The first-order valence-electron chi connectivity index (χ1n) is 2.84. The Hall–Kier alpha value is 0.350. The van der Waals surface area contributed by atoms with Crippen LogP contribution in [0, 0.1) is 0 Å². The third-order valence-electron chi connectivity index (χ3n) is 1.10. The molecule has 0 aromatic carbocycles. The van der Waals surface area contributed by atoms with Gasteiger partial charge in [0.15, 0.2) is 0 Å². The van der Waals surface area contributed by atoms with E-state index in [1.165, 1.54) is 12.8 Å². The largest absolute Gasteiger partial charge is 0.162 e. The van der Waals surface area contributed by atoms with E-state index in [1.54, 1.807) is 0 Å². The van der Waals surface area contributed by atoms with Crippen molar-refractivity contribution >= 4 is 11.8 Å². The van der Waals surface area contributed by atoms with Gasteiger partial charge in [-0.15, -0.1) is 0 Å². The molecule has 7 heavy (non-hydrogen) atoms. The highest BCUT2D eigenvalue weighted by Crippen LogP contribution is 2.10. The monoisotopic (exact) mass is 118 g/mol. The SMILES string of the molecule is CCC[C@@H](C)SC. The van der Waals surface area contributed by atoms with Crippen LogP contribution < -0.4 is 0 Å². The summed E-state index contributed by atoms with van der Waals surface area (Å²) in [6.07, 6.45) is 4.85. The Balaban J connectivity index is 2.83. The van der Waals surface area contributed by atoms with Crippen molar-refractivity contribution in [2.24, 2.45) is 0 Å². The lowest BCUT2D eigenvalue weighted by Gasteiger charge is -2.02. The van der Waals surface area contributed by atoms with Crippen molar-refractivity contribution < 1.29 is 0 Å². The maximum atomic E-state index is 2.27. The van der Waals surface area contributed by atoms with Crippen LogP contribution in [0.1, 0.15) is 26.7 Å². The van der Waals surface area contributed by atoms with Crippen molar-refractivity contribution in [2.45, 2.75) is 31.9 Å². The molecule has 0 bridgehead atoms. The fourth-order valence-electron chi connectivity index (χ4n) is 0.524. The van der Waals surface area contributed by atoms with Gasteiger partial charge in [-0.05, 0) is 12.7 Å². The molecule has 0 heterocycles. The maximum absolute atomic E-state index is 2.27. The van der Waals surface area contributed by atoms with Crippen molar-refractivity contribution in [1.29, 1.82) is 0 Å². The van der Waals surface area contributed by atoms with Gasteiger partial charge in [-0.2, -0.15) is 11.8 Å². The Kier molecular flexibility index (Phi) is 4.73. The van der Waals surface area contributed by atoms with Gasteiger partial charge in [0, 0.05) is 5.25 Å². The van der Waals surface area contributed by atoms with Gasteiger partial charge in [0.25, 0.3) is 0 Å². The molecule has 0 amide bonds. The van der Waals surface area contributed by atoms with Gasteiger partial charge in [-0.1, -0.05) is 20.3 Å². The van der Waals surface area contributed by atoms with Crippen LogP contribution in [0.2, 0.25) is 0 Å². The standard InChI is InChI=1S/C6H14S/c1-4-5-6(2)7-3/h6H,4-5H2,1-3H3/t6-/m1/s1. The number of rotatable bonds is 3. The average molecular weight is 118 g/mol. The van der Waals surface area contributed by atoms with Gasteiger partial charge in [0.1, 0.15) is 0 Å². The van der Waals surface area contributed by atoms with Gasteiger partial charge in [-0.25, -0.2) is 0 Å². The second-order valence-corrected chi connectivity index (χ2v) is 3.11. The molecule has 0 aliphatic carbocycles. The Morgan fingerprint density at radius 3 is 2.29 bits per heavy atom. The molecule has 0 spiro atoms. The molecule has 44 valence electrons. The molecule has 0 aromatic heterocycles. The summed E-state index contributed by atoms with van der Waals surface area (Å²) in [6, 6.07) is 0. The molecular weight excluding hydrogens is 104 g/mol. The van der Waals surface area contributed by atoms with E-state index in [9.17, 15) is 0 Å². The van der Waals surface area contributed by atoms with E-state index in [0.717, 1.165) is 5.25 Å². The fraction of sp³-hybridized carbons (Fsp3) is 1.00.